The van der Waals surface area contributed by atoms with Crippen molar-refractivity contribution in [3.63, 3.8) is 0 Å². The van der Waals surface area contributed by atoms with E-state index in [1.54, 1.807) is 5.57 Å². The fourth-order valence-corrected chi connectivity index (χ4v) is 3.56. The molecule has 1 atom stereocenters. The first-order valence-electron chi connectivity index (χ1n) is 9.99. The topological polar surface area (TPSA) is 21.3 Å². The molecule has 1 saturated carbocycles. The van der Waals surface area contributed by atoms with E-state index in [-0.39, 0.29) is 0 Å². The summed E-state index contributed by atoms with van der Waals surface area (Å²) in [6.45, 7) is 3.78. The van der Waals surface area contributed by atoms with Gasteiger partial charge in [-0.25, -0.2) is 0 Å². The van der Waals surface area contributed by atoms with Gasteiger partial charge < -0.3 is 10.1 Å². The van der Waals surface area contributed by atoms with E-state index in [0.717, 1.165) is 18.7 Å². The van der Waals surface area contributed by atoms with Crippen molar-refractivity contribution in [2.45, 2.75) is 51.5 Å². The van der Waals surface area contributed by atoms with Crippen molar-refractivity contribution < 1.29 is 4.74 Å². The Morgan fingerprint density at radius 1 is 0.962 bits per heavy atom. The first-order valence-corrected chi connectivity index (χ1v) is 9.99. The summed E-state index contributed by atoms with van der Waals surface area (Å²) >= 11 is 0. The summed E-state index contributed by atoms with van der Waals surface area (Å²) in [5.41, 5.74) is 4.27. The van der Waals surface area contributed by atoms with Crippen LogP contribution in [0.4, 0.5) is 0 Å². The third-order valence-corrected chi connectivity index (χ3v) is 4.99. The van der Waals surface area contributed by atoms with Gasteiger partial charge in [0, 0.05) is 12.6 Å². The van der Waals surface area contributed by atoms with E-state index in [4.69, 9.17) is 4.74 Å². The fourth-order valence-electron chi connectivity index (χ4n) is 3.56. The molecule has 1 unspecified atom stereocenters. The van der Waals surface area contributed by atoms with E-state index in [0.29, 0.717) is 12.6 Å². The molecule has 1 aliphatic carbocycles. The molecule has 2 nitrogen and oxygen atoms in total. The molecule has 3 rings (SSSR count). The number of rotatable bonds is 8. The Kier molecular flexibility index (Phi) is 7.33. The van der Waals surface area contributed by atoms with Gasteiger partial charge >= 0.3 is 0 Å². The summed E-state index contributed by atoms with van der Waals surface area (Å²) in [4.78, 5) is 0. The zero-order chi connectivity index (χ0) is 18.0. The molecular weight excluding hydrogens is 318 g/mol. The molecule has 2 aromatic rings. The highest BCUT2D eigenvalue weighted by Crippen LogP contribution is 2.25. The van der Waals surface area contributed by atoms with E-state index in [1.807, 2.05) is 0 Å². The molecule has 2 heteroatoms. The van der Waals surface area contributed by atoms with Gasteiger partial charge in [0.05, 0.1) is 0 Å². The molecule has 0 aliphatic heterocycles. The fraction of sp³-hybridized carbons (Fsp3) is 0.417. The van der Waals surface area contributed by atoms with Crippen LogP contribution in [0.1, 0.15) is 50.2 Å². The highest BCUT2D eigenvalue weighted by atomic mass is 16.5. The third-order valence-electron chi connectivity index (χ3n) is 4.99. The summed E-state index contributed by atoms with van der Waals surface area (Å²) in [5.74, 6) is 0.952. The lowest BCUT2D eigenvalue weighted by Crippen LogP contribution is -2.31. The van der Waals surface area contributed by atoms with Gasteiger partial charge in [-0.05, 0) is 62.3 Å². The first-order chi connectivity index (χ1) is 12.8. The molecule has 0 heterocycles. The highest BCUT2D eigenvalue weighted by Gasteiger charge is 2.05. The van der Waals surface area contributed by atoms with Gasteiger partial charge in [-0.3, -0.25) is 0 Å². The average molecular weight is 350 g/mol. The predicted molar refractivity (Wildman–Crippen MR) is 111 cm³/mol. The molecule has 0 bridgehead atoms. The summed E-state index contributed by atoms with van der Waals surface area (Å²) in [7, 11) is 0. The van der Waals surface area contributed by atoms with Crippen molar-refractivity contribution in [1.29, 1.82) is 0 Å². The van der Waals surface area contributed by atoms with E-state index < -0.39 is 0 Å². The summed E-state index contributed by atoms with van der Waals surface area (Å²) < 4.78 is 5.87. The SMILES string of the molecule is CC(Cc1ccccc1)NCCOc1ccc(C=C2CCCCC2)cc1. The minimum Gasteiger partial charge on any atom is -0.492 e. The van der Waals surface area contributed by atoms with E-state index in [2.05, 4.69) is 72.9 Å². The Hall–Kier alpha value is -2.06. The molecule has 0 radical (unpaired) electrons. The van der Waals surface area contributed by atoms with Crippen molar-refractivity contribution >= 4 is 6.08 Å². The van der Waals surface area contributed by atoms with Crippen LogP contribution in [0, 0.1) is 0 Å². The Balaban J connectivity index is 1.37. The van der Waals surface area contributed by atoms with Crippen molar-refractivity contribution in [2.75, 3.05) is 13.2 Å². The lowest BCUT2D eigenvalue weighted by atomic mass is 9.93. The number of hydrogen-bond acceptors (Lipinski definition) is 2. The van der Waals surface area contributed by atoms with Gasteiger partial charge in [0.15, 0.2) is 0 Å². The highest BCUT2D eigenvalue weighted by molar-refractivity contribution is 5.54. The standard InChI is InChI=1S/C24H31NO/c1-20(18-21-8-4-2-5-9-21)25-16-17-26-24-14-12-23(13-15-24)19-22-10-6-3-7-11-22/h2,4-5,8-9,12-15,19-20,25H,3,6-7,10-11,16-18H2,1H3. The number of benzene rings is 2. The number of hydrogen-bond donors (Lipinski definition) is 1. The molecule has 1 fully saturated rings. The molecule has 0 aromatic heterocycles. The Morgan fingerprint density at radius 3 is 2.42 bits per heavy atom. The minimum atomic E-state index is 0.450. The van der Waals surface area contributed by atoms with Crippen LogP contribution < -0.4 is 10.1 Å². The maximum Gasteiger partial charge on any atom is 0.119 e. The van der Waals surface area contributed by atoms with E-state index in [1.165, 1.54) is 43.2 Å². The van der Waals surface area contributed by atoms with Crippen molar-refractivity contribution in [2.24, 2.45) is 0 Å². The van der Waals surface area contributed by atoms with Gasteiger partial charge in [0.2, 0.25) is 0 Å². The number of nitrogens with one attached hydrogen (secondary N) is 1. The van der Waals surface area contributed by atoms with Crippen LogP contribution in [0.15, 0.2) is 60.2 Å². The van der Waals surface area contributed by atoms with E-state index >= 15 is 0 Å². The lowest BCUT2D eigenvalue weighted by Gasteiger charge is -2.15. The van der Waals surface area contributed by atoms with Gasteiger partial charge in [-0.2, -0.15) is 0 Å². The first kappa shape index (κ1) is 18.7. The third kappa shape index (κ3) is 6.34. The maximum atomic E-state index is 5.87. The van der Waals surface area contributed by atoms with Crippen LogP contribution in [0.25, 0.3) is 6.08 Å². The zero-order valence-electron chi connectivity index (χ0n) is 15.9. The molecule has 2 aromatic carbocycles. The normalized spacial score (nSPS) is 15.5. The van der Waals surface area contributed by atoms with Crippen molar-refractivity contribution in [1.82, 2.24) is 5.32 Å². The second-order valence-corrected chi connectivity index (χ2v) is 7.33. The van der Waals surface area contributed by atoms with Crippen LogP contribution in [0.3, 0.4) is 0 Å². The van der Waals surface area contributed by atoms with Gasteiger partial charge in [0.1, 0.15) is 12.4 Å². The summed E-state index contributed by atoms with van der Waals surface area (Å²) in [6.07, 6.45) is 10.0. The Labute approximate surface area is 158 Å². The van der Waals surface area contributed by atoms with Crippen LogP contribution in [-0.2, 0) is 6.42 Å². The smallest absolute Gasteiger partial charge is 0.119 e. The largest absolute Gasteiger partial charge is 0.492 e. The molecule has 138 valence electrons. The van der Waals surface area contributed by atoms with Gasteiger partial charge in [-0.1, -0.05) is 60.5 Å². The van der Waals surface area contributed by atoms with Crippen molar-refractivity contribution in [3.8, 4) is 5.75 Å². The monoisotopic (exact) mass is 349 g/mol. The van der Waals surface area contributed by atoms with Crippen LogP contribution in [-0.4, -0.2) is 19.2 Å². The Morgan fingerprint density at radius 2 is 1.69 bits per heavy atom. The molecule has 0 spiro atoms. The molecule has 26 heavy (non-hydrogen) atoms. The summed E-state index contributed by atoms with van der Waals surface area (Å²) in [5, 5.41) is 3.53. The van der Waals surface area contributed by atoms with Crippen LogP contribution in [0.2, 0.25) is 0 Å². The Bertz CT molecular complexity index is 667. The van der Waals surface area contributed by atoms with Gasteiger partial charge in [0.25, 0.3) is 0 Å². The van der Waals surface area contributed by atoms with Crippen molar-refractivity contribution in [3.05, 3.63) is 71.3 Å². The minimum absolute atomic E-state index is 0.450. The van der Waals surface area contributed by atoms with Gasteiger partial charge in [-0.15, -0.1) is 0 Å². The number of allylic oxidation sites excluding steroid dienone is 1. The second-order valence-electron chi connectivity index (χ2n) is 7.33. The van der Waals surface area contributed by atoms with Crippen LogP contribution in [0.5, 0.6) is 5.75 Å². The van der Waals surface area contributed by atoms with Crippen LogP contribution >= 0.6 is 0 Å². The second kappa shape index (κ2) is 10.2. The quantitative estimate of drug-likeness (QED) is 0.623. The predicted octanol–water partition coefficient (Wildman–Crippen LogP) is 5.63. The molecule has 1 N–H and O–H groups in total. The van der Waals surface area contributed by atoms with E-state index in [9.17, 15) is 0 Å². The lowest BCUT2D eigenvalue weighted by molar-refractivity contribution is 0.306. The molecule has 0 amide bonds. The average Bonchev–Trinajstić information content (AvgIpc) is 2.68. The molecule has 1 aliphatic rings. The molecule has 0 saturated heterocycles. The molecular formula is C24H31NO. The maximum absolute atomic E-state index is 5.87. The zero-order valence-corrected chi connectivity index (χ0v) is 15.9. The number of ether oxygens (including phenoxy) is 1. The summed E-state index contributed by atoms with van der Waals surface area (Å²) in [6, 6.07) is 19.6.